The summed E-state index contributed by atoms with van der Waals surface area (Å²) in [5, 5.41) is 0.818. The van der Waals surface area contributed by atoms with Crippen molar-refractivity contribution >= 4 is 44.6 Å². The predicted octanol–water partition coefficient (Wildman–Crippen LogP) is 5.67. The van der Waals surface area contributed by atoms with Crippen LogP contribution in [-0.4, -0.2) is 38.5 Å². The summed E-state index contributed by atoms with van der Waals surface area (Å²) in [6, 6.07) is 6.85. The van der Waals surface area contributed by atoms with Gasteiger partial charge in [-0.1, -0.05) is 12.1 Å². The molecule has 1 aliphatic heterocycles. The smallest absolute Gasteiger partial charge is 0.345 e. The highest BCUT2D eigenvalue weighted by Gasteiger charge is 2.64. The molecule has 1 N–H and O–H groups in total. The van der Waals surface area contributed by atoms with E-state index in [1.807, 2.05) is 0 Å². The van der Waals surface area contributed by atoms with Crippen LogP contribution in [0.2, 0.25) is 0 Å². The molecule has 0 radical (unpaired) electrons. The van der Waals surface area contributed by atoms with E-state index in [0.717, 1.165) is 20.3 Å². The molecule has 0 spiro atoms. The fourth-order valence-corrected chi connectivity index (χ4v) is 5.06. The first kappa shape index (κ1) is 21.9. The standard InChI is InChI=1S/C23H20BrF3N4O2/c1-21(2)19(32)31(15-5-3-14(4-6-15)22(8-9-22)23(25,26)27)20(33)30(21)12-13-7-10-28-18-17(13)16(24)11-29-18/h3-7,10-11H,8-9,12H2,1-2H3,(H,28,29). The third-order valence-electron chi connectivity index (χ3n) is 6.73. The number of urea groups is 1. The topological polar surface area (TPSA) is 69.3 Å². The minimum absolute atomic E-state index is 0.0490. The normalized spacial score (nSPS) is 19.6. The Bertz CT molecular complexity index is 1280. The lowest BCUT2D eigenvalue weighted by Gasteiger charge is -2.28. The van der Waals surface area contributed by atoms with E-state index in [9.17, 15) is 22.8 Å². The van der Waals surface area contributed by atoms with Crippen LogP contribution in [0, 0.1) is 0 Å². The van der Waals surface area contributed by atoms with Crippen molar-refractivity contribution in [2.24, 2.45) is 0 Å². The van der Waals surface area contributed by atoms with Crippen molar-refractivity contribution in [3.63, 3.8) is 0 Å². The van der Waals surface area contributed by atoms with E-state index in [1.54, 1.807) is 32.3 Å². The number of amides is 3. The molecule has 0 bridgehead atoms. The molecule has 0 atom stereocenters. The van der Waals surface area contributed by atoms with E-state index in [2.05, 4.69) is 25.9 Å². The van der Waals surface area contributed by atoms with Gasteiger partial charge in [0, 0.05) is 28.8 Å². The molecule has 2 aliphatic rings. The molecule has 10 heteroatoms. The first-order chi connectivity index (χ1) is 15.5. The number of fused-ring (bicyclic) bond motifs is 1. The van der Waals surface area contributed by atoms with Crippen LogP contribution in [0.25, 0.3) is 11.0 Å². The number of benzene rings is 1. The number of hydrogen-bond acceptors (Lipinski definition) is 3. The molecule has 6 nitrogen and oxygen atoms in total. The van der Waals surface area contributed by atoms with E-state index in [4.69, 9.17) is 0 Å². The lowest BCUT2D eigenvalue weighted by molar-refractivity contribution is -0.160. The van der Waals surface area contributed by atoms with Gasteiger partial charge in [-0.3, -0.25) is 4.79 Å². The molecule has 2 fully saturated rings. The highest BCUT2D eigenvalue weighted by Crippen LogP contribution is 2.59. The maximum Gasteiger partial charge on any atom is 0.398 e. The minimum Gasteiger partial charge on any atom is -0.345 e. The molecule has 1 aromatic carbocycles. The first-order valence-electron chi connectivity index (χ1n) is 10.4. The van der Waals surface area contributed by atoms with Gasteiger partial charge >= 0.3 is 12.2 Å². The van der Waals surface area contributed by atoms with Gasteiger partial charge in [0.1, 0.15) is 11.2 Å². The van der Waals surface area contributed by atoms with Gasteiger partial charge in [0.15, 0.2) is 0 Å². The molecule has 2 aromatic heterocycles. The zero-order valence-corrected chi connectivity index (χ0v) is 19.4. The number of carbonyl (C=O) groups excluding carboxylic acids is 2. The molecule has 0 unspecified atom stereocenters. The Balaban J connectivity index is 1.46. The number of aromatic nitrogens is 2. The van der Waals surface area contributed by atoms with Crippen LogP contribution in [0.4, 0.5) is 23.7 Å². The first-order valence-corrected chi connectivity index (χ1v) is 11.2. The highest BCUT2D eigenvalue weighted by atomic mass is 79.9. The van der Waals surface area contributed by atoms with Crippen molar-refractivity contribution in [1.82, 2.24) is 14.9 Å². The molecule has 3 heterocycles. The van der Waals surface area contributed by atoms with E-state index in [0.29, 0.717) is 5.65 Å². The Morgan fingerprint density at radius 2 is 1.79 bits per heavy atom. The molecule has 1 saturated heterocycles. The number of rotatable bonds is 4. The second-order valence-corrected chi connectivity index (χ2v) is 9.88. The molecular formula is C23H20BrF3N4O2. The van der Waals surface area contributed by atoms with Gasteiger partial charge in [-0.15, -0.1) is 0 Å². The third-order valence-corrected chi connectivity index (χ3v) is 7.36. The van der Waals surface area contributed by atoms with Crippen LogP contribution in [0.1, 0.15) is 37.8 Å². The molecule has 3 amide bonds. The monoisotopic (exact) mass is 520 g/mol. The number of hydrogen-bond donors (Lipinski definition) is 1. The number of alkyl halides is 3. The van der Waals surface area contributed by atoms with Crippen molar-refractivity contribution in [2.45, 2.75) is 50.4 Å². The Morgan fingerprint density at radius 3 is 2.39 bits per heavy atom. The number of aromatic amines is 1. The van der Waals surface area contributed by atoms with Gasteiger partial charge < -0.3 is 9.88 Å². The van der Waals surface area contributed by atoms with Crippen LogP contribution in [-0.2, 0) is 16.8 Å². The largest absolute Gasteiger partial charge is 0.398 e. The maximum atomic E-state index is 13.4. The Labute approximate surface area is 195 Å². The third kappa shape index (κ3) is 3.18. The fourth-order valence-electron chi connectivity index (χ4n) is 4.50. The predicted molar refractivity (Wildman–Crippen MR) is 120 cm³/mol. The summed E-state index contributed by atoms with van der Waals surface area (Å²) in [6.07, 6.45) is -0.846. The molecule has 1 aliphatic carbocycles. The number of H-pyrrole nitrogens is 1. The average Bonchev–Trinajstić information content (AvgIpc) is 3.47. The van der Waals surface area contributed by atoms with Gasteiger partial charge in [-0.25, -0.2) is 14.7 Å². The number of imide groups is 1. The molecule has 3 aromatic rings. The summed E-state index contributed by atoms with van der Waals surface area (Å²) >= 11 is 3.48. The van der Waals surface area contributed by atoms with Gasteiger partial charge in [0.25, 0.3) is 5.91 Å². The molecule has 172 valence electrons. The van der Waals surface area contributed by atoms with E-state index in [-0.39, 0.29) is 30.6 Å². The van der Waals surface area contributed by atoms with Gasteiger partial charge in [-0.2, -0.15) is 13.2 Å². The van der Waals surface area contributed by atoms with Crippen molar-refractivity contribution < 1.29 is 22.8 Å². The van der Waals surface area contributed by atoms with Gasteiger partial charge in [-0.05, 0) is 71.9 Å². The van der Waals surface area contributed by atoms with Crippen LogP contribution in [0.5, 0.6) is 0 Å². The molecule has 1 saturated carbocycles. The Kier molecular flexibility index (Phi) is 4.69. The lowest BCUT2D eigenvalue weighted by Crippen LogP contribution is -2.43. The van der Waals surface area contributed by atoms with E-state index >= 15 is 0 Å². The summed E-state index contributed by atoms with van der Waals surface area (Å²) in [7, 11) is 0. The average molecular weight is 521 g/mol. The lowest BCUT2D eigenvalue weighted by atomic mass is 9.95. The van der Waals surface area contributed by atoms with Crippen molar-refractivity contribution in [3.8, 4) is 0 Å². The maximum absolute atomic E-state index is 13.4. The zero-order chi connectivity index (χ0) is 23.8. The van der Waals surface area contributed by atoms with Gasteiger partial charge in [0.2, 0.25) is 0 Å². The molecular weight excluding hydrogens is 501 g/mol. The number of halogens is 4. The summed E-state index contributed by atoms with van der Waals surface area (Å²) < 4.78 is 41.1. The van der Waals surface area contributed by atoms with Crippen molar-refractivity contribution in [3.05, 3.63) is 58.3 Å². The SMILES string of the molecule is CC1(C)C(=O)N(c2ccc(C3(C(F)(F)F)CC3)cc2)C(=O)N1Cc1ccnc2[nH]cc(Br)c12. The zero-order valence-electron chi connectivity index (χ0n) is 17.8. The summed E-state index contributed by atoms with van der Waals surface area (Å²) in [5.74, 6) is -0.435. The minimum atomic E-state index is -4.32. The van der Waals surface area contributed by atoms with Crippen LogP contribution in [0.3, 0.4) is 0 Å². The van der Waals surface area contributed by atoms with E-state index < -0.39 is 29.1 Å². The number of pyridine rings is 1. The van der Waals surface area contributed by atoms with Crippen molar-refractivity contribution in [1.29, 1.82) is 0 Å². The summed E-state index contributed by atoms with van der Waals surface area (Å²) in [6.45, 7) is 3.49. The van der Waals surface area contributed by atoms with Crippen LogP contribution in [0.15, 0.2) is 47.2 Å². The number of carbonyl (C=O) groups is 2. The van der Waals surface area contributed by atoms with Crippen LogP contribution < -0.4 is 4.90 Å². The molecule has 5 rings (SSSR count). The summed E-state index contributed by atoms with van der Waals surface area (Å²) in [5.41, 5.74) is -1.08. The fraction of sp³-hybridized carbons (Fsp3) is 0.348. The Morgan fingerprint density at radius 1 is 1.12 bits per heavy atom. The number of anilines is 1. The van der Waals surface area contributed by atoms with Crippen LogP contribution >= 0.6 is 15.9 Å². The molecule has 33 heavy (non-hydrogen) atoms. The van der Waals surface area contributed by atoms with E-state index in [1.165, 1.54) is 29.2 Å². The van der Waals surface area contributed by atoms with Crippen molar-refractivity contribution in [2.75, 3.05) is 4.90 Å². The number of nitrogens with one attached hydrogen (secondary N) is 1. The summed E-state index contributed by atoms with van der Waals surface area (Å²) in [4.78, 5) is 36.4. The quantitative estimate of drug-likeness (QED) is 0.450. The second kappa shape index (κ2) is 7.06. The second-order valence-electron chi connectivity index (χ2n) is 9.03. The highest BCUT2D eigenvalue weighted by molar-refractivity contribution is 9.10. The van der Waals surface area contributed by atoms with Gasteiger partial charge in [0.05, 0.1) is 11.1 Å². The number of nitrogens with zero attached hydrogens (tertiary/aromatic N) is 3. The Hall–Kier alpha value is -2.88.